The Bertz CT molecular complexity index is 1640. The van der Waals surface area contributed by atoms with E-state index in [0.717, 1.165) is 32.1 Å². The summed E-state index contributed by atoms with van der Waals surface area (Å²) in [6.07, 6.45) is 107. The van der Waals surface area contributed by atoms with Gasteiger partial charge in [-0.2, -0.15) is 0 Å². The molecule has 3 N–H and O–H groups in total. The molecule has 0 saturated heterocycles. The number of allylic oxidation sites excluding steroid dienone is 4. The second-order valence-corrected chi connectivity index (χ2v) is 31.6. The van der Waals surface area contributed by atoms with E-state index in [0.29, 0.717) is 6.42 Å². The van der Waals surface area contributed by atoms with E-state index in [2.05, 4.69) is 38.2 Å². The number of phosphoric acid groups is 1. The van der Waals surface area contributed by atoms with Crippen LogP contribution in [0.15, 0.2) is 24.3 Å². The van der Waals surface area contributed by atoms with Gasteiger partial charge < -0.3 is 20.1 Å². The van der Waals surface area contributed by atoms with Gasteiger partial charge in [-0.05, 0) is 64.2 Å². The fourth-order valence-electron chi connectivity index (χ4n) is 13.8. The van der Waals surface area contributed by atoms with E-state index in [1.165, 1.54) is 424 Å². The second kappa shape index (κ2) is 83.4. The lowest BCUT2D eigenvalue weighted by Crippen LogP contribution is -2.29. The molecular formula is C87H170NO8P. The van der Waals surface area contributed by atoms with Gasteiger partial charge in [0.15, 0.2) is 6.10 Å². The number of phosphoric ester groups is 1. The van der Waals surface area contributed by atoms with Crippen LogP contribution in [0.1, 0.15) is 489 Å². The monoisotopic (exact) mass is 1390 g/mol. The molecule has 0 saturated carbocycles. The molecule has 0 radical (unpaired) electrons. The van der Waals surface area contributed by atoms with Crippen LogP contribution in [0.5, 0.6) is 0 Å². The molecule has 0 fully saturated rings. The Balaban J connectivity index is 3.70. The first-order chi connectivity index (χ1) is 47.8. The van der Waals surface area contributed by atoms with Gasteiger partial charge in [-0.25, -0.2) is 4.57 Å². The minimum atomic E-state index is -4.39. The fraction of sp³-hybridized carbons (Fsp3) is 0.931. The molecule has 0 aliphatic heterocycles. The molecule has 0 aliphatic rings. The molecule has 10 heteroatoms. The Kier molecular flexibility index (Phi) is 82.1. The SMILES string of the molecule is CCCCCCCCCC/C=C\CCCCCCCCCCCCCCCCCCCCCCCCCCCCCC(=O)OC(COC(=O)CCCCCCCCCCCCCCCCCCCCCCCCCCC/C=C\CCCCCCCCCC)COP(=O)(O)OCCN. The van der Waals surface area contributed by atoms with Crippen LogP contribution >= 0.6 is 7.82 Å². The van der Waals surface area contributed by atoms with E-state index in [9.17, 15) is 19.0 Å². The Morgan fingerprint density at radius 2 is 0.505 bits per heavy atom. The molecule has 0 aromatic carbocycles. The summed E-state index contributed by atoms with van der Waals surface area (Å²) in [5.41, 5.74) is 5.42. The van der Waals surface area contributed by atoms with E-state index in [4.69, 9.17) is 24.3 Å². The summed E-state index contributed by atoms with van der Waals surface area (Å²) < 4.78 is 33.3. The number of nitrogens with two attached hydrogens (primary N) is 1. The molecule has 97 heavy (non-hydrogen) atoms. The lowest BCUT2D eigenvalue weighted by Gasteiger charge is -2.19. The molecule has 0 spiro atoms. The summed E-state index contributed by atoms with van der Waals surface area (Å²) in [7, 11) is -4.39. The van der Waals surface area contributed by atoms with Crippen molar-refractivity contribution in [2.75, 3.05) is 26.4 Å². The van der Waals surface area contributed by atoms with Crippen molar-refractivity contribution >= 4 is 19.8 Å². The predicted octanol–water partition coefficient (Wildman–Crippen LogP) is 29.6. The van der Waals surface area contributed by atoms with E-state index in [1.54, 1.807) is 0 Å². The minimum absolute atomic E-state index is 0.0577. The zero-order valence-electron chi connectivity index (χ0n) is 65.4. The van der Waals surface area contributed by atoms with Crippen molar-refractivity contribution in [1.82, 2.24) is 0 Å². The van der Waals surface area contributed by atoms with Crippen molar-refractivity contribution in [1.29, 1.82) is 0 Å². The molecule has 0 aliphatic carbocycles. The molecule has 9 nitrogen and oxygen atoms in total. The maximum atomic E-state index is 12.8. The van der Waals surface area contributed by atoms with Crippen LogP contribution in [0, 0.1) is 0 Å². The van der Waals surface area contributed by atoms with Crippen molar-refractivity contribution < 1.29 is 37.6 Å². The number of carbonyl (C=O) groups excluding carboxylic acids is 2. The Labute approximate surface area is 605 Å². The zero-order valence-corrected chi connectivity index (χ0v) is 66.3. The summed E-state index contributed by atoms with van der Waals surface area (Å²) in [6.45, 7) is 3.84. The first kappa shape index (κ1) is 95.5. The van der Waals surface area contributed by atoms with Crippen molar-refractivity contribution in [3.05, 3.63) is 24.3 Å². The van der Waals surface area contributed by atoms with Crippen molar-refractivity contribution in [2.24, 2.45) is 5.73 Å². The Morgan fingerprint density at radius 3 is 0.732 bits per heavy atom. The summed E-state index contributed by atoms with van der Waals surface area (Å²) in [5.74, 6) is -0.796. The van der Waals surface area contributed by atoms with Gasteiger partial charge in [0.25, 0.3) is 0 Å². The molecule has 0 aromatic heterocycles. The highest BCUT2D eigenvalue weighted by atomic mass is 31.2. The molecule has 0 bridgehead atoms. The van der Waals surface area contributed by atoms with Crippen LogP contribution in [-0.4, -0.2) is 49.3 Å². The van der Waals surface area contributed by atoms with E-state index >= 15 is 0 Å². The molecular weight excluding hydrogens is 1220 g/mol. The third kappa shape index (κ3) is 83.3. The smallest absolute Gasteiger partial charge is 0.462 e. The second-order valence-electron chi connectivity index (χ2n) is 30.1. The van der Waals surface area contributed by atoms with Gasteiger partial charge in [-0.15, -0.1) is 0 Å². The van der Waals surface area contributed by atoms with Gasteiger partial charge in [-0.3, -0.25) is 18.6 Å². The highest BCUT2D eigenvalue weighted by molar-refractivity contribution is 7.47. The topological polar surface area (TPSA) is 134 Å². The third-order valence-electron chi connectivity index (χ3n) is 20.3. The lowest BCUT2D eigenvalue weighted by molar-refractivity contribution is -0.161. The fourth-order valence-corrected chi connectivity index (χ4v) is 14.6. The van der Waals surface area contributed by atoms with Crippen molar-refractivity contribution in [3.63, 3.8) is 0 Å². The number of rotatable bonds is 85. The molecule has 2 unspecified atom stereocenters. The standard InChI is InChI=1S/C87H170NO8P/c1-3-5-7-9-11-13-15-17-19-21-23-25-27-29-31-33-35-37-39-41-42-44-46-48-50-52-54-56-58-60-62-64-66-68-70-72-74-76-78-80-87(90)96-85(84-95-97(91,92)94-82-81-88)83-93-86(89)79-77-75-73-71-69-67-65-63-61-59-57-55-53-51-49-47-45-43-40-38-36-34-32-30-28-26-24-22-20-18-16-14-12-10-8-6-4-2/h21-24,85H,3-20,25-84,88H2,1-2H3,(H,91,92)/b23-21-,24-22-. The van der Waals surface area contributed by atoms with Crippen LogP contribution in [0.2, 0.25) is 0 Å². The van der Waals surface area contributed by atoms with Gasteiger partial charge in [0.05, 0.1) is 13.2 Å². The first-order valence-corrected chi connectivity index (χ1v) is 45.3. The maximum Gasteiger partial charge on any atom is 0.472 e. The minimum Gasteiger partial charge on any atom is -0.462 e. The van der Waals surface area contributed by atoms with E-state index < -0.39 is 26.5 Å². The van der Waals surface area contributed by atoms with E-state index in [1.807, 2.05) is 0 Å². The van der Waals surface area contributed by atoms with Crippen molar-refractivity contribution in [3.8, 4) is 0 Å². The zero-order chi connectivity index (χ0) is 70.0. The molecule has 0 rings (SSSR count). The Hall–Kier alpha value is -1.51. The number of hydrogen-bond donors (Lipinski definition) is 2. The number of esters is 2. The van der Waals surface area contributed by atoms with Gasteiger partial charge in [-0.1, -0.05) is 436 Å². The number of ether oxygens (including phenoxy) is 2. The Morgan fingerprint density at radius 1 is 0.299 bits per heavy atom. The molecule has 0 aromatic rings. The molecule has 576 valence electrons. The van der Waals surface area contributed by atoms with Gasteiger partial charge in [0.2, 0.25) is 0 Å². The molecule has 2 atom stereocenters. The lowest BCUT2D eigenvalue weighted by atomic mass is 10.0. The van der Waals surface area contributed by atoms with Gasteiger partial charge in [0, 0.05) is 19.4 Å². The number of hydrogen-bond acceptors (Lipinski definition) is 8. The average Bonchev–Trinajstić information content (AvgIpc) is 2.88. The van der Waals surface area contributed by atoms with Gasteiger partial charge >= 0.3 is 19.8 Å². The van der Waals surface area contributed by atoms with Gasteiger partial charge in [0.1, 0.15) is 6.61 Å². The maximum absolute atomic E-state index is 12.8. The molecule has 0 heterocycles. The van der Waals surface area contributed by atoms with Crippen molar-refractivity contribution in [2.45, 2.75) is 495 Å². The average molecular weight is 1390 g/mol. The van der Waals surface area contributed by atoms with Crippen LogP contribution in [0.3, 0.4) is 0 Å². The van der Waals surface area contributed by atoms with E-state index in [-0.39, 0.29) is 38.6 Å². The summed E-state index contributed by atoms with van der Waals surface area (Å²) in [6, 6.07) is 0. The summed E-state index contributed by atoms with van der Waals surface area (Å²) in [5, 5.41) is 0. The van der Waals surface area contributed by atoms with Crippen LogP contribution < -0.4 is 5.73 Å². The molecule has 0 amide bonds. The third-order valence-corrected chi connectivity index (χ3v) is 21.3. The summed E-state index contributed by atoms with van der Waals surface area (Å²) in [4.78, 5) is 35.5. The first-order valence-electron chi connectivity index (χ1n) is 43.8. The predicted molar refractivity (Wildman–Crippen MR) is 423 cm³/mol. The summed E-state index contributed by atoms with van der Waals surface area (Å²) >= 11 is 0. The van der Waals surface area contributed by atoms with Crippen LogP contribution in [-0.2, 0) is 32.7 Å². The highest BCUT2D eigenvalue weighted by Crippen LogP contribution is 2.43. The number of carbonyl (C=O) groups is 2. The van der Waals surface area contributed by atoms with Crippen LogP contribution in [0.4, 0.5) is 0 Å². The normalized spacial score (nSPS) is 12.8. The number of unbranched alkanes of at least 4 members (excludes halogenated alkanes) is 68. The quantitative estimate of drug-likeness (QED) is 0.0264. The highest BCUT2D eigenvalue weighted by Gasteiger charge is 2.26. The van der Waals surface area contributed by atoms with Crippen LogP contribution in [0.25, 0.3) is 0 Å². The largest absolute Gasteiger partial charge is 0.472 e.